The second-order valence-corrected chi connectivity index (χ2v) is 18.4. The van der Waals surface area contributed by atoms with Crippen LogP contribution < -0.4 is 19.3 Å². The zero-order valence-electron chi connectivity index (χ0n) is 43.6. The number of methoxy groups -OCH3 is 2. The zero-order valence-corrected chi connectivity index (χ0v) is 45.4. The molecule has 0 aromatic heterocycles. The number of para-hydroxylation sites is 3. The van der Waals surface area contributed by atoms with Gasteiger partial charge in [-0.25, -0.2) is 0 Å². The Morgan fingerprint density at radius 3 is 1.24 bits per heavy atom. The van der Waals surface area contributed by atoms with E-state index in [4.69, 9.17) is 9.47 Å². The van der Waals surface area contributed by atoms with Crippen molar-refractivity contribution in [1.29, 1.82) is 0 Å². The predicted molar refractivity (Wildman–Crippen MR) is 278 cm³/mol. The summed E-state index contributed by atoms with van der Waals surface area (Å²) in [4.78, 5) is 4.12. The van der Waals surface area contributed by atoms with Crippen LogP contribution in [-0.2, 0) is 38.7 Å². The number of anilines is 2. The molecular formula is C58H93N2O2Sc-3. The zero-order chi connectivity index (χ0) is 46.1. The van der Waals surface area contributed by atoms with E-state index < -0.39 is 0 Å². The molecule has 1 aliphatic carbocycles. The number of rotatable bonds is 14. The van der Waals surface area contributed by atoms with Crippen molar-refractivity contribution in [1.82, 2.24) is 0 Å². The molecule has 353 valence electrons. The van der Waals surface area contributed by atoms with Gasteiger partial charge in [-0.3, -0.25) is 0 Å². The third-order valence-electron chi connectivity index (χ3n) is 13.0. The van der Waals surface area contributed by atoms with Gasteiger partial charge in [0.2, 0.25) is 0 Å². The van der Waals surface area contributed by atoms with Gasteiger partial charge in [0.15, 0.2) is 0 Å². The average molecular weight is 895 g/mol. The summed E-state index contributed by atoms with van der Waals surface area (Å²) in [6.07, 6.45) is 10.1. The SMILES string of the molecule is CC1C(C)C(C)C(C)C1C.CCCCC(C)Cc1cc(C)ccc1OC.CCCCC(C)Cc1ccccc1OC.[CH2-]c1ccccc1N(C)C.[CH2-]c1ccccc1N(C)C.[CH3-].[Sc]. The molecule has 63 heavy (non-hydrogen) atoms. The van der Waals surface area contributed by atoms with Gasteiger partial charge < -0.3 is 26.7 Å². The Balaban J connectivity index is 0. The van der Waals surface area contributed by atoms with Crippen LogP contribution in [-0.4, -0.2) is 42.4 Å². The summed E-state index contributed by atoms with van der Waals surface area (Å²) in [5.74, 6) is 8.24. The van der Waals surface area contributed by atoms with Crippen molar-refractivity contribution >= 4 is 11.4 Å². The van der Waals surface area contributed by atoms with E-state index in [1.54, 1.807) is 14.2 Å². The summed E-state index contributed by atoms with van der Waals surface area (Å²) in [6, 6.07) is 30.9. The molecule has 2 atom stereocenters. The van der Waals surface area contributed by atoms with Gasteiger partial charge >= 0.3 is 0 Å². The Morgan fingerprint density at radius 2 is 0.889 bits per heavy atom. The molecule has 0 aliphatic heterocycles. The Labute approximate surface area is 410 Å². The van der Waals surface area contributed by atoms with Gasteiger partial charge in [0.1, 0.15) is 11.5 Å². The number of ether oxygens (including phenoxy) is 2. The van der Waals surface area contributed by atoms with E-state index in [1.165, 1.54) is 66.6 Å². The van der Waals surface area contributed by atoms with Crippen LogP contribution >= 0.6 is 0 Å². The first-order valence-electron chi connectivity index (χ1n) is 23.4. The molecule has 0 bridgehead atoms. The fourth-order valence-corrected chi connectivity index (χ4v) is 8.29. The van der Waals surface area contributed by atoms with Crippen LogP contribution in [0, 0.1) is 69.6 Å². The Morgan fingerprint density at radius 1 is 0.540 bits per heavy atom. The Kier molecular flexibility index (Phi) is 33.4. The summed E-state index contributed by atoms with van der Waals surface area (Å²) < 4.78 is 10.8. The van der Waals surface area contributed by atoms with Crippen LogP contribution in [0.4, 0.5) is 11.4 Å². The maximum absolute atomic E-state index is 5.41. The molecule has 5 heteroatoms. The molecule has 1 fully saturated rings. The van der Waals surface area contributed by atoms with Crippen LogP contribution in [0.2, 0.25) is 0 Å². The fourth-order valence-electron chi connectivity index (χ4n) is 8.29. The van der Waals surface area contributed by atoms with Crippen LogP contribution in [0.25, 0.3) is 0 Å². The third-order valence-corrected chi connectivity index (χ3v) is 13.0. The second-order valence-electron chi connectivity index (χ2n) is 18.4. The Bertz CT molecular complexity index is 1640. The van der Waals surface area contributed by atoms with Crippen LogP contribution in [0.1, 0.15) is 129 Å². The molecule has 5 rings (SSSR count). The van der Waals surface area contributed by atoms with E-state index in [-0.39, 0.29) is 33.3 Å². The van der Waals surface area contributed by atoms with Crippen molar-refractivity contribution in [2.45, 2.75) is 121 Å². The molecule has 1 saturated carbocycles. The van der Waals surface area contributed by atoms with Crippen molar-refractivity contribution in [3.63, 3.8) is 0 Å². The molecular weight excluding hydrogens is 802 g/mol. The molecule has 0 amide bonds. The van der Waals surface area contributed by atoms with Crippen molar-refractivity contribution in [3.05, 3.63) is 140 Å². The molecule has 4 nitrogen and oxygen atoms in total. The van der Waals surface area contributed by atoms with Crippen LogP contribution in [0.5, 0.6) is 11.5 Å². The largest absolute Gasteiger partial charge is 0.496 e. The first kappa shape index (κ1) is 61.8. The summed E-state index contributed by atoms with van der Waals surface area (Å²) in [5.41, 5.74) is 8.53. The molecule has 2 unspecified atom stereocenters. The minimum absolute atomic E-state index is 0. The van der Waals surface area contributed by atoms with Gasteiger partial charge in [0, 0.05) is 25.8 Å². The molecule has 4 aromatic carbocycles. The maximum atomic E-state index is 5.41. The number of benzene rings is 4. The minimum Gasteiger partial charge on any atom is -0.496 e. The van der Waals surface area contributed by atoms with E-state index in [9.17, 15) is 0 Å². The van der Waals surface area contributed by atoms with Gasteiger partial charge in [0.25, 0.3) is 0 Å². The van der Waals surface area contributed by atoms with Gasteiger partial charge in [-0.1, -0.05) is 172 Å². The van der Waals surface area contributed by atoms with E-state index in [0.717, 1.165) is 76.9 Å². The van der Waals surface area contributed by atoms with E-state index in [1.807, 2.05) is 76.7 Å². The first-order valence-corrected chi connectivity index (χ1v) is 23.4. The summed E-state index contributed by atoms with van der Waals surface area (Å²) in [6.45, 7) is 31.1. The van der Waals surface area contributed by atoms with E-state index >= 15 is 0 Å². The van der Waals surface area contributed by atoms with Crippen molar-refractivity contribution < 1.29 is 35.3 Å². The predicted octanol–water partition coefficient (Wildman–Crippen LogP) is 15.9. The standard InChI is InChI=1S/C15H24O.C14H22O.C10H20.2C9H12N.CH3.Sc/c1-5-6-7-12(2)10-14-11-13(3)8-9-15(14)16-4;1-4-5-8-12(2)11-13-9-6-7-10-14(13)15-3;1-6-7(2)9(4)10(5)8(6)3;2*1-8-6-4-5-7-9(8)10(2)3;;/h8-9,11-12H,5-7,10H2,1-4H3;6-7,9-10,12H,4-5,8,11H2,1-3H3;6-10H,1-5H3;2*4-7H,1H2,2-3H3;1H3;/q;;;3*-1;. The van der Waals surface area contributed by atoms with Crippen molar-refractivity contribution in [2.75, 3.05) is 52.2 Å². The van der Waals surface area contributed by atoms with Crippen LogP contribution in [0.15, 0.2) is 91.0 Å². The number of aryl methyl sites for hydroxylation is 1. The normalized spacial score (nSPS) is 17.9. The first-order chi connectivity index (χ1) is 28.9. The molecule has 0 spiro atoms. The molecule has 0 N–H and O–H groups in total. The smallest absolute Gasteiger partial charge is 0.122 e. The van der Waals surface area contributed by atoms with E-state index in [2.05, 4.69) is 135 Å². The van der Waals surface area contributed by atoms with Crippen LogP contribution in [0.3, 0.4) is 0 Å². The Hall–Kier alpha value is -3.31. The molecule has 0 heterocycles. The summed E-state index contributed by atoms with van der Waals surface area (Å²) in [5, 5.41) is 0. The van der Waals surface area contributed by atoms with Gasteiger partial charge in [0.05, 0.1) is 14.2 Å². The van der Waals surface area contributed by atoms with Gasteiger partial charge in [-0.15, -0.1) is 12.1 Å². The number of hydrogen-bond acceptors (Lipinski definition) is 4. The van der Waals surface area contributed by atoms with Gasteiger partial charge in [-0.05, 0) is 113 Å². The van der Waals surface area contributed by atoms with Crippen molar-refractivity contribution in [2.24, 2.45) is 41.4 Å². The topological polar surface area (TPSA) is 24.9 Å². The maximum Gasteiger partial charge on any atom is 0.122 e. The summed E-state index contributed by atoms with van der Waals surface area (Å²) >= 11 is 0. The quantitative estimate of drug-likeness (QED) is 0.118. The fraction of sp³-hybridized carbons (Fsp3) is 0.534. The van der Waals surface area contributed by atoms with Crippen molar-refractivity contribution in [3.8, 4) is 11.5 Å². The number of nitrogens with zero attached hydrogens (tertiary/aromatic N) is 2. The number of hydrogen-bond donors (Lipinski definition) is 0. The molecule has 4 aromatic rings. The summed E-state index contributed by atoms with van der Waals surface area (Å²) in [7, 11) is 11.6. The molecule has 1 radical (unpaired) electrons. The van der Waals surface area contributed by atoms with E-state index in [0.29, 0.717) is 0 Å². The molecule has 0 saturated heterocycles. The number of unbranched alkanes of at least 4 members (excludes halogenated alkanes) is 2. The monoisotopic (exact) mass is 895 g/mol. The second kappa shape index (κ2) is 34.1. The molecule has 1 aliphatic rings. The average Bonchev–Trinajstić information content (AvgIpc) is 3.40. The minimum atomic E-state index is 0. The van der Waals surface area contributed by atoms with Gasteiger partial charge in [-0.2, -0.15) is 37.1 Å². The third kappa shape index (κ3) is 22.9.